The fraction of sp³-hybridized carbons (Fsp3) is 0. The molecular weight excluding hydrogens is 789 g/mol. The zero-order valence-electron chi connectivity index (χ0n) is 33.7. The number of hydrogen-bond donors (Lipinski definition) is 0. The van der Waals surface area contributed by atoms with Crippen molar-refractivity contribution in [3.63, 3.8) is 0 Å². The van der Waals surface area contributed by atoms with Crippen LogP contribution >= 0.6 is 11.3 Å². The highest BCUT2D eigenvalue weighted by Gasteiger charge is 2.24. The van der Waals surface area contributed by atoms with Crippen LogP contribution < -0.4 is 0 Å². The van der Waals surface area contributed by atoms with Crippen LogP contribution in [0, 0.1) is 0 Å². The predicted octanol–water partition coefficient (Wildman–Crippen LogP) is 14.5. The summed E-state index contributed by atoms with van der Waals surface area (Å²) in [6, 6.07) is 72.8. The topological polar surface area (TPSA) is 61.4 Å². The van der Waals surface area contributed by atoms with E-state index in [1.807, 2.05) is 24.3 Å². The summed E-state index contributed by atoms with van der Waals surface area (Å²) in [5.74, 6) is 1.76. The lowest BCUT2D eigenvalue weighted by Crippen LogP contribution is -2.07. The van der Waals surface area contributed by atoms with E-state index in [1.165, 1.54) is 20.9 Å². The molecule has 63 heavy (non-hydrogen) atoms. The second kappa shape index (κ2) is 14.2. The molecule has 9 aromatic carbocycles. The number of fused-ring (bicyclic) bond motifs is 9. The molecule has 0 N–H and O–H groups in total. The largest absolute Gasteiger partial charge is 0.307 e. The van der Waals surface area contributed by atoms with Crippen molar-refractivity contribution < 1.29 is 0 Å². The number of nitrogens with zero attached hydrogens (tertiary/aromatic N) is 6. The Labute approximate surface area is 365 Å². The van der Waals surface area contributed by atoms with E-state index >= 15 is 0 Å². The maximum absolute atomic E-state index is 5.38. The van der Waals surface area contributed by atoms with E-state index < -0.39 is 0 Å². The molecule has 0 amide bonds. The van der Waals surface area contributed by atoms with Gasteiger partial charge in [-0.3, -0.25) is 4.57 Å². The number of rotatable bonds is 6. The average molecular weight is 823 g/mol. The van der Waals surface area contributed by atoms with Crippen molar-refractivity contribution in [3.05, 3.63) is 206 Å². The maximum Gasteiger partial charge on any atom is 0.238 e. The summed E-state index contributed by atoms with van der Waals surface area (Å²) in [6.45, 7) is 0. The Hall–Kier alpha value is -8.26. The molecule has 0 atom stereocenters. The van der Waals surface area contributed by atoms with Crippen molar-refractivity contribution in [2.24, 2.45) is 0 Å². The highest BCUT2D eigenvalue weighted by Crippen LogP contribution is 2.42. The van der Waals surface area contributed by atoms with Gasteiger partial charge >= 0.3 is 0 Å². The van der Waals surface area contributed by atoms with Crippen LogP contribution in [0.3, 0.4) is 0 Å². The molecule has 0 aliphatic rings. The molecule has 7 heteroatoms. The van der Waals surface area contributed by atoms with Crippen molar-refractivity contribution in [3.8, 4) is 56.1 Å². The molecule has 6 nitrogen and oxygen atoms in total. The number of thiazole rings is 1. The molecule has 0 bridgehead atoms. The van der Waals surface area contributed by atoms with Gasteiger partial charge in [0.2, 0.25) is 5.95 Å². The summed E-state index contributed by atoms with van der Waals surface area (Å²) in [5, 5.41) is 8.00. The van der Waals surface area contributed by atoms with Gasteiger partial charge in [0.1, 0.15) is 5.01 Å². The third-order valence-corrected chi connectivity index (χ3v) is 13.3. The van der Waals surface area contributed by atoms with Crippen LogP contribution in [0.5, 0.6) is 0 Å². The van der Waals surface area contributed by atoms with E-state index in [0.29, 0.717) is 17.6 Å². The van der Waals surface area contributed by atoms with Crippen LogP contribution in [0.2, 0.25) is 0 Å². The van der Waals surface area contributed by atoms with Gasteiger partial charge in [0.05, 0.1) is 32.3 Å². The predicted molar refractivity (Wildman–Crippen MR) is 261 cm³/mol. The standard InChI is InChI=1S/C56H34N6S/c1-2-14-37(15-3-1)53-58-54(38-28-25-36(26-29-38)40-30-27-35-13-4-5-16-39(35)33-40)60-56(59-53)62-49-23-10-7-20-44(49)46-32-31-45-43-19-6-9-22-48(43)61(51(45)52(46)62)42-18-12-17-41(34-42)55-57-47-21-8-11-24-50(47)63-55/h1-34H. The lowest BCUT2D eigenvalue weighted by molar-refractivity contribution is 0.953. The second-order valence-corrected chi connectivity index (χ2v) is 16.9. The Balaban J connectivity index is 1.06. The first-order valence-corrected chi connectivity index (χ1v) is 21.9. The molecule has 0 saturated carbocycles. The van der Waals surface area contributed by atoms with E-state index in [2.05, 4.69) is 191 Å². The van der Waals surface area contributed by atoms with Crippen LogP contribution in [0.25, 0.3) is 121 Å². The molecular formula is C56H34N6S. The molecule has 0 spiro atoms. The molecule has 0 aliphatic carbocycles. The SMILES string of the molecule is c1ccc(-c2nc(-c3ccc(-c4ccc5ccccc5c4)cc3)nc(-n3c4ccccc4c4ccc5c6ccccc6n(-c6cccc(-c7nc8ccccc8s7)c6)c5c43)n2)cc1. The van der Waals surface area contributed by atoms with E-state index in [4.69, 9.17) is 19.9 Å². The minimum atomic E-state index is 0.552. The van der Waals surface area contributed by atoms with Crippen molar-refractivity contribution in [1.82, 2.24) is 29.1 Å². The van der Waals surface area contributed by atoms with Crippen molar-refractivity contribution in [1.29, 1.82) is 0 Å². The number of aromatic nitrogens is 6. The van der Waals surface area contributed by atoms with Gasteiger partial charge in [-0.25, -0.2) is 9.97 Å². The van der Waals surface area contributed by atoms with E-state index in [9.17, 15) is 0 Å². The third kappa shape index (κ3) is 5.78. The van der Waals surface area contributed by atoms with Gasteiger partial charge in [0.15, 0.2) is 11.6 Å². The fourth-order valence-corrected chi connectivity index (χ4v) is 10.2. The smallest absolute Gasteiger partial charge is 0.238 e. The molecule has 294 valence electrons. The lowest BCUT2D eigenvalue weighted by atomic mass is 10.0. The Bertz CT molecular complexity index is 3880. The van der Waals surface area contributed by atoms with Gasteiger partial charge in [0.25, 0.3) is 0 Å². The maximum atomic E-state index is 5.38. The van der Waals surface area contributed by atoms with Crippen molar-refractivity contribution >= 4 is 75.9 Å². The first kappa shape index (κ1) is 35.5. The normalized spacial score (nSPS) is 11.8. The summed E-state index contributed by atoms with van der Waals surface area (Å²) in [5.41, 5.74) is 11.5. The highest BCUT2D eigenvalue weighted by molar-refractivity contribution is 7.21. The fourth-order valence-electron chi connectivity index (χ4n) is 9.24. The van der Waals surface area contributed by atoms with Gasteiger partial charge < -0.3 is 4.57 Å². The number of para-hydroxylation sites is 3. The monoisotopic (exact) mass is 822 g/mol. The van der Waals surface area contributed by atoms with Crippen molar-refractivity contribution in [2.45, 2.75) is 0 Å². The minimum Gasteiger partial charge on any atom is -0.307 e. The van der Waals surface area contributed by atoms with Gasteiger partial charge in [-0.2, -0.15) is 9.97 Å². The molecule has 4 heterocycles. The Morgan fingerprint density at radius 2 is 0.937 bits per heavy atom. The summed E-state index contributed by atoms with van der Waals surface area (Å²) in [4.78, 5) is 20.9. The van der Waals surface area contributed by atoms with Crippen LogP contribution in [-0.2, 0) is 0 Å². The molecule has 0 unspecified atom stereocenters. The lowest BCUT2D eigenvalue weighted by Gasteiger charge is -2.14. The van der Waals surface area contributed by atoms with Crippen LogP contribution in [0.15, 0.2) is 206 Å². The molecule has 4 aromatic heterocycles. The molecule has 13 rings (SSSR count). The Morgan fingerprint density at radius 1 is 0.349 bits per heavy atom. The molecule has 0 aliphatic heterocycles. The molecule has 0 fully saturated rings. The summed E-state index contributed by atoms with van der Waals surface area (Å²) < 4.78 is 5.83. The van der Waals surface area contributed by atoms with Crippen molar-refractivity contribution in [2.75, 3.05) is 0 Å². The molecule has 0 saturated heterocycles. The number of hydrogen-bond acceptors (Lipinski definition) is 5. The quantitative estimate of drug-likeness (QED) is 0.168. The zero-order chi connectivity index (χ0) is 41.4. The minimum absolute atomic E-state index is 0.552. The zero-order valence-corrected chi connectivity index (χ0v) is 34.5. The van der Waals surface area contributed by atoms with Crippen LogP contribution in [0.1, 0.15) is 0 Å². The van der Waals surface area contributed by atoms with Crippen LogP contribution in [0.4, 0.5) is 0 Å². The van der Waals surface area contributed by atoms with E-state index in [1.54, 1.807) is 11.3 Å². The highest BCUT2D eigenvalue weighted by atomic mass is 32.1. The second-order valence-electron chi connectivity index (χ2n) is 15.9. The summed E-state index contributed by atoms with van der Waals surface area (Å²) in [6.07, 6.45) is 0. The van der Waals surface area contributed by atoms with Crippen LogP contribution in [-0.4, -0.2) is 29.1 Å². The average Bonchev–Trinajstić information content (AvgIpc) is 4.05. The number of benzene rings is 9. The Morgan fingerprint density at radius 3 is 1.70 bits per heavy atom. The first-order chi connectivity index (χ1) is 31.2. The van der Waals surface area contributed by atoms with Gasteiger partial charge in [-0.15, -0.1) is 11.3 Å². The Kier molecular flexibility index (Phi) is 7.98. The summed E-state index contributed by atoms with van der Waals surface area (Å²) >= 11 is 1.72. The molecule has 0 radical (unpaired) electrons. The third-order valence-electron chi connectivity index (χ3n) is 12.2. The van der Waals surface area contributed by atoms with E-state index in [-0.39, 0.29) is 0 Å². The van der Waals surface area contributed by atoms with Gasteiger partial charge in [0, 0.05) is 43.9 Å². The summed E-state index contributed by atoms with van der Waals surface area (Å²) in [7, 11) is 0. The first-order valence-electron chi connectivity index (χ1n) is 21.1. The molecule has 13 aromatic rings. The van der Waals surface area contributed by atoms with E-state index in [0.717, 1.165) is 82.3 Å². The van der Waals surface area contributed by atoms with Gasteiger partial charge in [-0.05, 0) is 64.4 Å². The van der Waals surface area contributed by atoms with Gasteiger partial charge in [-0.1, -0.05) is 164 Å².